The Morgan fingerprint density at radius 2 is 0.969 bits per heavy atom. The molecule has 4 aromatic carbocycles. The van der Waals surface area contributed by atoms with E-state index < -0.39 is 0 Å². The molecule has 0 radical (unpaired) electrons. The smallest absolute Gasteiger partial charge is 0.193 e. The first kappa shape index (κ1) is 20.5. The second kappa shape index (κ2) is 9.39. The van der Waals surface area contributed by atoms with E-state index in [1.807, 2.05) is 36.4 Å². The normalized spacial score (nSPS) is 9.94. The van der Waals surface area contributed by atoms with Gasteiger partial charge in [0.2, 0.25) is 0 Å². The minimum absolute atomic E-state index is 0.0910. The zero-order valence-corrected chi connectivity index (χ0v) is 17.1. The SMILES string of the molecule is C#Cc1cccc(Oc2ccc(C(=O)c3ccc(Oc4cccc(C#C)c4)cc3)cc2)c1. The van der Waals surface area contributed by atoms with Crippen molar-refractivity contribution in [1.82, 2.24) is 0 Å². The molecule has 0 bridgehead atoms. The van der Waals surface area contributed by atoms with Crippen molar-refractivity contribution in [2.24, 2.45) is 0 Å². The molecule has 4 rings (SSSR count). The van der Waals surface area contributed by atoms with Gasteiger partial charge in [-0.25, -0.2) is 0 Å². The van der Waals surface area contributed by atoms with E-state index in [1.54, 1.807) is 60.7 Å². The maximum absolute atomic E-state index is 12.8. The molecule has 0 heterocycles. The van der Waals surface area contributed by atoms with Crippen molar-refractivity contribution >= 4 is 5.78 Å². The molecule has 32 heavy (non-hydrogen) atoms. The van der Waals surface area contributed by atoms with E-state index in [9.17, 15) is 4.79 Å². The maximum atomic E-state index is 12.8. The van der Waals surface area contributed by atoms with Crippen LogP contribution in [0.25, 0.3) is 0 Å². The Balaban J connectivity index is 1.43. The zero-order chi connectivity index (χ0) is 22.3. The Hall–Kier alpha value is -4.73. The van der Waals surface area contributed by atoms with E-state index in [-0.39, 0.29) is 5.78 Å². The number of benzene rings is 4. The Labute approximate surface area is 187 Å². The molecule has 0 N–H and O–H groups in total. The lowest BCUT2D eigenvalue weighted by Gasteiger charge is -2.08. The van der Waals surface area contributed by atoms with Crippen LogP contribution in [0.15, 0.2) is 97.1 Å². The number of ether oxygens (including phenoxy) is 2. The highest BCUT2D eigenvalue weighted by Gasteiger charge is 2.10. The van der Waals surface area contributed by atoms with Crippen molar-refractivity contribution in [2.75, 3.05) is 0 Å². The van der Waals surface area contributed by atoms with Crippen LogP contribution in [0.3, 0.4) is 0 Å². The van der Waals surface area contributed by atoms with Crippen molar-refractivity contribution in [3.8, 4) is 47.7 Å². The summed E-state index contributed by atoms with van der Waals surface area (Å²) in [6, 6.07) is 28.5. The molecule has 0 saturated carbocycles. The standard InChI is InChI=1S/C29H18O3/c1-3-21-7-5-9-27(19-21)31-25-15-11-23(12-16-25)29(30)24-13-17-26(18-14-24)32-28-10-6-8-22(4-2)20-28/h1-2,5-20H. The molecule has 0 aliphatic carbocycles. The third-order valence-electron chi connectivity index (χ3n) is 4.71. The molecule has 0 atom stereocenters. The fourth-order valence-electron chi connectivity index (χ4n) is 3.09. The number of carbonyl (C=O) groups is 1. The van der Waals surface area contributed by atoms with Crippen LogP contribution >= 0.6 is 0 Å². The van der Waals surface area contributed by atoms with E-state index in [2.05, 4.69) is 11.8 Å². The van der Waals surface area contributed by atoms with Crippen molar-refractivity contribution in [2.45, 2.75) is 0 Å². The number of carbonyl (C=O) groups excluding carboxylic acids is 1. The van der Waals surface area contributed by atoms with Crippen LogP contribution in [0, 0.1) is 24.7 Å². The summed E-state index contributed by atoms with van der Waals surface area (Å²) >= 11 is 0. The van der Waals surface area contributed by atoms with Gasteiger partial charge in [0.15, 0.2) is 5.78 Å². The van der Waals surface area contributed by atoms with E-state index in [4.69, 9.17) is 22.3 Å². The van der Waals surface area contributed by atoms with Crippen LogP contribution in [0.5, 0.6) is 23.0 Å². The van der Waals surface area contributed by atoms with Crippen LogP contribution in [-0.4, -0.2) is 5.78 Å². The van der Waals surface area contributed by atoms with Crippen molar-refractivity contribution < 1.29 is 14.3 Å². The van der Waals surface area contributed by atoms with Gasteiger partial charge in [0.25, 0.3) is 0 Å². The number of hydrogen-bond donors (Lipinski definition) is 0. The Bertz CT molecular complexity index is 1230. The molecule has 0 spiro atoms. The van der Waals surface area contributed by atoms with Gasteiger partial charge < -0.3 is 9.47 Å². The highest BCUT2D eigenvalue weighted by Crippen LogP contribution is 2.25. The Morgan fingerprint density at radius 3 is 1.34 bits per heavy atom. The number of terminal acetylenes is 2. The Kier molecular flexibility index (Phi) is 6.03. The van der Waals surface area contributed by atoms with Gasteiger partial charge >= 0.3 is 0 Å². The third-order valence-corrected chi connectivity index (χ3v) is 4.71. The molecular weight excluding hydrogens is 396 g/mol. The van der Waals surface area contributed by atoms with E-state index >= 15 is 0 Å². The van der Waals surface area contributed by atoms with Crippen molar-refractivity contribution in [3.63, 3.8) is 0 Å². The van der Waals surface area contributed by atoms with Crippen LogP contribution in [0.1, 0.15) is 27.0 Å². The summed E-state index contributed by atoms with van der Waals surface area (Å²) in [6.45, 7) is 0. The van der Waals surface area contributed by atoms with Gasteiger partial charge in [-0.3, -0.25) is 4.79 Å². The van der Waals surface area contributed by atoms with Crippen molar-refractivity contribution in [3.05, 3.63) is 119 Å². The first-order valence-corrected chi connectivity index (χ1v) is 9.88. The maximum Gasteiger partial charge on any atom is 0.193 e. The minimum Gasteiger partial charge on any atom is -0.457 e. The molecule has 0 aliphatic heterocycles. The predicted molar refractivity (Wildman–Crippen MR) is 125 cm³/mol. The fraction of sp³-hybridized carbons (Fsp3) is 0. The van der Waals surface area contributed by atoms with Gasteiger partial charge in [-0.1, -0.05) is 24.0 Å². The Morgan fingerprint density at radius 1 is 0.562 bits per heavy atom. The van der Waals surface area contributed by atoms with E-state index in [1.165, 1.54) is 0 Å². The molecular formula is C29H18O3. The average molecular weight is 414 g/mol. The van der Waals surface area contributed by atoms with Gasteiger partial charge in [0.1, 0.15) is 23.0 Å². The van der Waals surface area contributed by atoms with Crippen LogP contribution < -0.4 is 9.47 Å². The number of ketones is 1. The first-order valence-electron chi connectivity index (χ1n) is 9.88. The molecule has 4 aromatic rings. The van der Waals surface area contributed by atoms with Crippen LogP contribution in [0.2, 0.25) is 0 Å². The van der Waals surface area contributed by atoms with E-state index in [0.29, 0.717) is 34.1 Å². The van der Waals surface area contributed by atoms with Crippen molar-refractivity contribution in [1.29, 1.82) is 0 Å². The quantitative estimate of drug-likeness (QED) is 0.268. The van der Waals surface area contributed by atoms with Gasteiger partial charge in [-0.15, -0.1) is 12.8 Å². The predicted octanol–water partition coefficient (Wildman–Crippen LogP) is 6.46. The topological polar surface area (TPSA) is 35.5 Å². The lowest BCUT2D eigenvalue weighted by molar-refractivity contribution is 0.103. The van der Waals surface area contributed by atoms with Crippen LogP contribution in [0.4, 0.5) is 0 Å². The highest BCUT2D eigenvalue weighted by atomic mass is 16.5. The van der Waals surface area contributed by atoms with Gasteiger partial charge in [-0.05, 0) is 84.9 Å². The largest absolute Gasteiger partial charge is 0.457 e. The second-order valence-corrected chi connectivity index (χ2v) is 6.93. The summed E-state index contributed by atoms with van der Waals surface area (Å²) in [4.78, 5) is 12.8. The highest BCUT2D eigenvalue weighted by molar-refractivity contribution is 6.09. The zero-order valence-electron chi connectivity index (χ0n) is 17.1. The molecule has 3 nitrogen and oxygen atoms in total. The summed E-state index contributed by atoms with van der Waals surface area (Å²) in [7, 11) is 0. The molecule has 0 unspecified atom stereocenters. The molecule has 0 aliphatic rings. The van der Waals surface area contributed by atoms with Gasteiger partial charge in [0, 0.05) is 22.3 Å². The minimum atomic E-state index is -0.0910. The molecule has 152 valence electrons. The monoisotopic (exact) mass is 414 g/mol. The van der Waals surface area contributed by atoms with Gasteiger partial charge in [-0.2, -0.15) is 0 Å². The average Bonchev–Trinajstić information content (AvgIpc) is 2.85. The summed E-state index contributed by atoms with van der Waals surface area (Å²) in [5.41, 5.74) is 2.60. The fourth-order valence-corrected chi connectivity index (χ4v) is 3.09. The molecule has 0 amide bonds. The molecule has 0 aromatic heterocycles. The van der Waals surface area contributed by atoms with Crippen LogP contribution in [-0.2, 0) is 0 Å². The summed E-state index contributed by atoms with van der Waals surface area (Å²) < 4.78 is 11.6. The summed E-state index contributed by atoms with van der Waals surface area (Å²) in [5.74, 6) is 7.58. The molecule has 0 fully saturated rings. The third kappa shape index (κ3) is 4.87. The molecule has 0 saturated heterocycles. The first-order chi connectivity index (χ1) is 15.6. The van der Waals surface area contributed by atoms with Gasteiger partial charge in [0.05, 0.1) is 0 Å². The lowest BCUT2D eigenvalue weighted by Crippen LogP contribution is -2.01. The second-order valence-electron chi connectivity index (χ2n) is 6.93. The lowest BCUT2D eigenvalue weighted by atomic mass is 10.0. The van der Waals surface area contributed by atoms with E-state index in [0.717, 1.165) is 11.1 Å². The number of hydrogen-bond acceptors (Lipinski definition) is 3. The summed E-state index contributed by atoms with van der Waals surface area (Å²) in [5, 5.41) is 0. The summed E-state index contributed by atoms with van der Waals surface area (Å²) in [6.07, 6.45) is 10.8. The molecule has 3 heteroatoms. The number of rotatable bonds is 6.